The van der Waals surface area contributed by atoms with Gasteiger partial charge < -0.3 is 0 Å². The maximum absolute atomic E-state index is 2.65. The molecular weight excluding hydrogens is 254 g/mol. The smallest absolute Gasteiger partial charge is 0.0113 e. The number of nitrogens with zero attached hydrogens (tertiary/aromatic N) is 1. The van der Waals surface area contributed by atoms with E-state index in [9.17, 15) is 0 Å². The molecule has 0 radical (unpaired) electrons. The van der Waals surface area contributed by atoms with Gasteiger partial charge in [-0.1, -0.05) is 70.9 Å². The molecule has 1 unspecified atom stereocenters. The predicted octanol–water partition coefficient (Wildman–Crippen LogP) is 6.34. The van der Waals surface area contributed by atoms with Crippen LogP contribution in [0, 0.1) is 0 Å². The van der Waals surface area contributed by atoms with Gasteiger partial charge in [-0.15, -0.1) is 0 Å². The van der Waals surface area contributed by atoms with Gasteiger partial charge in [-0.05, 0) is 38.5 Å². The maximum atomic E-state index is 2.65. The lowest BCUT2D eigenvalue weighted by molar-refractivity contribution is 0.341. The first kappa shape index (κ1) is 18.7. The van der Waals surface area contributed by atoms with E-state index in [2.05, 4.69) is 30.9 Å². The standard InChI is InChI=1S/C20H39N/c1-3-5-6-7-8-9-10-11-12-13-14-15-17-20(16-4-2)21-18-19-21/h11-12,20H,3-10,13-19H2,1-2H3/b12-11-. The average molecular weight is 294 g/mol. The van der Waals surface area contributed by atoms with Crippen molar-refractivity contribution in [3.05, 3.63) is 12.2 Å². The zero-order valence-corrected chi connectivity index (χ0v) is 14.8. The van der Waals surface area contributed by atoms with E-state index in [1.807, 2.05) is 0 Å². The largest absolute Gasteiger partial charge is 0.298 e. The van der Waals surface area contributed by atoms with Gasteiger partial charge in [0.15, 0.2) is 0 Å². The molecule has 0 aromatic rings. The second-order valence-electron chi connectivity index (χ2n) is 6.79. The maximum Gasteiger partial charge on any atom is 0.0113 e. The number of allylic oxidation sites excluding steroid dienone is 2. The molecule has 1 nitrogen and oxygen atoms in total. The van der Waals surface area contributed by atoms with E-state index in [0.717, 1.165) is 6.04 Å². The molecule has 1 rings (SSSR count). The van der Waals surface area contributed by atoms with Crippen LogP contribution in [-0.2, 0) is 0 Å². The molecule has 0 aromatic heterocycles. The Morgan fingerprint density at radius 2 is 1.33 bits per heavy atom. The Hall–Kier alpha value is -0.300. The molecule has 1 aliphatic heterocycles. The van der Waals surface area contributed by atoms with Crippen LogP contribution in [0.15, 0.2) is 12.2 Å². The van der Waals surface area contributed by atoms with Crippen LogP contribution < -0.4 is 0 Å². The van der Waals surface area contributed by atoms with Crippen LogP contribution in [0.2, 0.25) is 0 Å². The molecule has 0 bridgehead atoms. The third-order valence-corrected chi connectivity index (χ3v) is 4.67. The Kier molecular flexibility index (Phi) is 11.9. The second kappa shape index (κ2) is 13.4. The Morgan fingerprint density at radius 3 is 1.95 bits per heavy atom. The summed E-state index contributed by atoms with van der Waals surface area (Å²) in [5, 5.41) is 0. The van der Waals surface area contributed by atoms with Gasteiger partial charge in [-0.25, -0.2) is 0 Å². The highest BCUT2D eigenvalue weighted by atomic mass is 15.3. The van der Waals surface area contributed by atoms with E-state index >= 15 is 0 Å². The molecule has 1 saturated heterocycles. The highest BCUT2D eigenvalue weighted by Crippen LogP contribution is 2.20. The van der Waals surface area contributed by atoms with Gasteiger partial charge in [0.05, 0.1) is 0 Å². The number of rotatable bonds is 15. The minimum Gasteiger partial charge on any atom is -0.298 e. The topological polar surface area (TPSA) is 3.01 Å². The fraction of sp³-hybridized carbons (Fsp3) is 0.900. The van der Waals surface area contributed by atoms with E-state index in [0.29, 0.717) is 0 Å². The monoisotopic (exact) mass is 293 g/mol. The summed E-state index contributed by atoms with van der Waals surface area (Å²) in [7, 11) is 0. The van der Waals surface area contributed by atoms with Crippen molar-refractivity contribution >= 4 is 0 Å². The summed E-state index contributed by atoms with van der Waals surface area (Å²) in [6, 6.07) is 0.905. The Labute approximate surface area is 134 Å². The molecule has 1 atom stereocenters. The zero-order valence-electron chi connectivity index (χ0n) is 14.8. The van der Waals surface area contributed by atoms with Gasteiger partial charge in [0.1, 0.15) is 0 Å². The van der Waals surface area contributed by atoms with Gasteiger partial charge in [0.2, 0.25) is 0 Å². The second-order valence-corrected chi connectivity index (χ2v) is 6.79. The molecule has 0 amide bonds. The van der Waals surface area contributed by atoms with E-state index in [4.69, 9.17) is 0 Å². The SMILES string of the molecule is CCCCCCCC/C=C\CCCCC(CCC)N1CC1. The van der Waals surface area contributed by atoms with Crippen LogP contribution in [0.3, 0.4) is 0 Å². The molecule has 0 aliphatic carbocycles. The molecule has 21 heavy (non-hydrogen) atoms. The third-order valence-electron chi connectivity index (χ3n) is 4.67. The predicted molar refractivity (Wildman–Crippen MR) is 95.9 cm³/mol. The number of unbranched alkanes of at least 4 members (excludes halogenated alkanes) is 8. The van der Waals surface area contributed by atoms with E-state index in [-0.39, 0.29) is 0 Å². The summed E-state index contributed by atoms with van der Waals surface area (Å²) in [5.74, 6) is 0. The average Bonchev–Trinajstić information content (AvgIpc) is 3.32. The molecule has 1 heterocycles. The van der Waals surface area contributed by atoms with Crippen LogP contribution in [0.5, 0.6) is 0 Å². The van der Waals surface area contributed by atoms with Crippen LogP contribution in [0.25, 0.3) is 0 Å². The normalized spacial score (nSPS) is 16.7. The molecule has 0 spiro atoms. The van der Waals surface area contributed by atoms with Crippen LogP contribution in [0.1, 0.15) is 97.3 Å². The van der Waals surface area contributed by atoms with Crippen molar-refractivity contribution in [2.45, 2.75) is 103 Å². The lowest BCUT2D eigenvalue weighted by atomic mass is 10.0. The van der Waals surface area contributed by atoms with Crippen molar-refractivity contribution in [3.63, 3.8) is 0 Å². The number of hydrogen-bond acceptors (Lipinski definition) is 1. The summed E-state index contributed by atoms with van der Waals surface area (Å²) >= 11 is 0. The molecule has 0 saturated carbocycles. The molecule has 0 N–H and O–H groups in total. The molecule has 1 heteroatoms. The van der Waals surface area contributed by atoms with E-state index in [1.54, 1.807) is 0 Å². The van der Waals surface area contributed by atoms with Gasteiger partial charge in [-0.2, -0.15) is 0 Å². The molecular formula is C20H39N. The van der Waals surface area contributed by atoms with Crippen molar-refractivity contribution in [1.82, 2.24) is 4.90 Å². The van der Waals surface area contributed by atoms with Gasteiger partial charge in [0.25, 0.3) is 0 Å². The molecule has 0 aromatic carbocycles. The van der Waals surface area contributed by atoms with Crippen LogP contribution >= 0.6 is 0 Å². The van der Waals surface area contributed by atoms with Gasteiger partial charge in [-0.3, -0.25) is 4.90 Å². The van der Waals surface area contributed by atoms with Crippen molar-refractivity contribution < 1.29 is 0 Å². The number of hydrogen-bond donors (Lipinski definition) is 0. The lowest BCUT2D eigenvalue weighted by Crippen LogP contribution is -2.18. The minimum absolute atomic E-state index is 0.905. The third kappa shape index (κ3) is 11.0. The van der Waals surface area contributed by atoms with E-state index in [1.165, 1.54) is 96.6 Å². The van der Waals surface area contributed by atoms with Crippen molar-refractivity contribution in [1.29, 1.82) is 0 Å². The fourth-order valence-corrected chi connectivity index (χ4v) is 3.19. The Bertz CT molecular complexity index is 242. The zero-order chi connectivity index (χ0) is 15.2. The first-order valence-corrected chi connectivity index (χ1v) is 9.77. The summed E-state index contributed by atoms with van der Waals surface area (Å²) in [4.78, 5) is 2.65. The highest BCUT2D eigenvalue weighted by molar-refractivity contribution is 4.84. The summed E-state index contributed by atoms with van der Waals surface area (Å²) in [6.45, 7) is 7.34. The first-order chi connectivity index (χ1) is 10.4. The lowest BCUT2D eigenvalue weighted by Gasteiger charge is -2.16. The van der Waals surface area contributed by atoms with Gasteiger partial charge >= 0.3 is 0 Å². The molecule has 1 aliphatic rings. The Morgan fingerprint density at radius 1 is 0.714 bits per heavy atom. The molecule has 1 fully saturated rings. The van der Waals surface area contributed by atoms with Crippen LogP contribution in [-0.4, -0.2) is 24.0 Å². The molecule has 124 valence electrons. The summed E-state index contributed by atoms with van der Waals surface area (Å²) in [6.07, 6.45) is 22.9. The fourth-order valence-electron chi connectivity index (χ4n) is 3.19. The van der Waals surface area contributed by atoms with Crippen molar-refractivity contribution in [2.75, 3.05) is 13.1 Å². The summed E-state index contributed by atoms with van der Waals surface area (Å²) in [5.41, 5.74) is 0. The van der Waals surface area contributed by atoms with Crippen LogP contribution in [0.4, 0.5) is 0 Å². The van der Waals surface area contributed by atoms with Crippen molar-refractivity contribution in [2.24, 2.45) is 0 Å². The highest BCUT2D eigenvalue weighted by Gasteiger charge is 2.25. The van der Waals surface area contributed by atoms with Gasteiger partial charge in [0, 0.05) is 19.1 Å². The summed E-state index contributed by atoms with van der Waals surface area (Å²) < 4.78 is 0. The van der Waals surface area contributed by atoms with Crippen molar-refractivity contribution in [3.8, 4) is 0 Å². The quantitative estimate of drug-likeness (QED) is 0.193. The Balaban J connectivity index is 1.83. The first-order valence-electron chi connectivity index (χ1n) is 9.77. The van der Waals surface area contributed by atoms with E-state index < -0.39 is 0 Å². The minimum atomic E-state index is 0.905.